The predicted molar refractivity (Wildman–Crippen MR) is 53.3 cm³/mol. The second-order valence-electron chi connectivity index (χ2n) is 4.15. The van der Waals surface area contributed by atoms with Crippen molar-refractivity contribution in [3.63, 3.8) is 0 Å². The summed E-state index contributed by atoms with van der Waals surface area (Å²) in [6, 6.07) is -0.366. The van der Waals surface area contributed by atoms with Crippen LogP contribution in [-0.4, -0.2) is 30.2 Å². The molecular weight excluding hydrogens is 196 g/mol. The van der Waals surface area contributed by atoms with Crippen molar-refractivity contribution in [3.8, 4) is 0 Å². The molecule has 84 valence electrons. The van der Waals surface area contributed by atoms with Gasteiger partial charge in [0.2, 0.25) is 0 Å². The van der Waals surface area contributed by atoms with Crippen LogP contribution in [0, 0.1) is 0 Å². The van der Waals surface area contributed by atoms with Crippen molar-refractivity contribution >= 4 is 11.9 Å². The molecule has 0 unspecified atom stereocenters. The van der Waals surface area contributed by atoms with E-state index in [1.165, 1.54) is 0 Å². The van der Waals surface area contributed by atoms with Gasteiger partial charge in [-0.15, -0.1) is 0 Å². The summed E-state index contributed by atoms with van der Waals surface area (Å²) in [5, 5.41) is 5.02. The third-order valence-electron chi connectivity index (χ3n) is 3.20. The van der Waals surface area contributed by atoms with Crippen LogP contribution in [0.15, 0.2) is 0 Å². The summed E-state index contributed by atoms with van der Waals surface area (Å²) in [5.74, 6) is -0.178. The molecule has 0 radical (unpaired) electrons. The van der Waals surface area contributed by atoms with Crippen molar-refractivity contribution in [3.05, 3.63) is 0 Å². The molecule has 1 aliphatic carbocycles. The van der Waals surface area contributed by atoms with Gasteiger partial charge >= 0.3 is 6.03 Å². The van der Waals surface area contributed by atoms with Gasteiger partial charge in [-0.1, -0.05) is 0 Å². The SMILES string of the molecule is CCOC1CCC2(CC1)NC(=O)NC2=O. The fourth-order valence-corrected chi connectivity index (χ4v) is 2.37. The highest BCUT2D eigenvalue weighted by atomic mass is 16.5. The molecule has 1 aliphatic heterocycles. The summed E-state index contributed by atoms with van der Waals surface area (Å²) in [6.45, 7) is 2.67. The van der Waals surface area contributed by atoms with Gasteiger partial charge in [-0.25, -0.2) is 4.79 Å². The highest BCUT2D eigenvalue weighted by Crippen LogP contribution is 2.32. The zero-order chi connectivity index (χ0) is 10.9. The summed E-state index contributed by atoms with van der Waals surface area (Å²) >= 11 is 0. The van der Waals surface area contributed by atoms with Crippen LogP contribution in [0.1, 0.15) is 32.6 Å². The zero-order valence-corrected chi connectivity index (χ0v) is 8.84. The Labute approximate surface area is 88.5 Å². The maximum Gasteiger partial charge on any atom is 0.322 e. The number of hydrogen-bond acceptors (Lipinski definition) is 3. The monoisotopic (exact) mass is 212 g/mol. The molecule has 2 rings (SSSR count). The smallest absolute Gasteiger partial charge is 0.322 e. The van der Waals surface area contributed by atoms with Gasteiger partial charge < -0.3 is 10.1 Å². The summed E-state index contributed by atoms with van der Waals surface area (Å²) in [4.78, 5) is 22.7. The average molecular weight is 212 g/mol. The maximum absolute atomic E-state index is 11.6. The molecule has 0 atom stereocenters. The Balaban J connectivity index is 1.97. The lowest BCUT2D eigenvalue weighted by molar-refractivity contribution is -0.126. The lowest BCUT2D eigenvalue weighted by Crippen LogP contribution is -2.50. The molecule has 15 heavy (non-hydrogen) atoms. The molecule has 2 fully saturated rings. The van der Waals surface area contributed by atoms with Gasteiger partial charge in [0.05, 0.1) is 6.10 Å². The Kier molecular flexibility index (Phi) is 2.65. The molecule has 2 N–H and O–H groups in total. The van der Waals surface area contributed by atoms with Crippen molar-refractivity contribution in [1.29, 1.82) is 0 Å². The minimum atomic E-state index is -0.648. The van der Waals surface area contributed by atoms with E-state index in [0.717, 1.165) is 12.8 Å². The molecule has 5 nitrogen and oxygen atoms in total. The number of amides is 3. The van der Waals surface area contributed by atoms with Crippen molar-refractivity contribution in [1.82, 2.24) is 10.6 Å². The van der Waals surface area contributed by atoms with E-state index in [9.17, 15) is 9.59 Å². The molecule has 1 saturated carbocycles. The van der Waals surface area contributed by atoms with E-state index in [1.54, 1.807) is 0 Å². The minimum Gasteiger partial charge on any atom is -0.379 e. The van der Waals surface area contributed by atoms with E-state index in [-0.39, 0.29) is 18.0 Å². The van der Waals surface area contributed by atoms with Gasteiger partial charge in [0, 0.05) is 6.61 Å². The number of ether oxygens (including phenoxy) is 1. The highest BCUT2D eigenvalue weighted by molar-refractivity contribution is 6.07. The van der Waals surface area contributed by atoms with E-state index in [4.69, 9.17) is 4.74 Å². The molecule has 1 saturated heterocycles. The lowest BCUT2D eigenvalue weighted by atomic mass is 9.80. The van der Waals surface area contributed by atoms with Crippen molar-refractivity contribution in [2.45, 2.75) is 44.2 Å². The van der Waals surface area contributed by atoms with Gasteiger partial charge in [0.15, 0.2) is 0 Å². The Morgan fingerprint density at radius 3 is 2.53 bits per heavy atom. The van der Waals surface area contributed by atoms with Crippen LogP contribution in [0.2, 0.25) is 0 Å². The maximum atomic E-state index is 11.6. The van der Waals surface area contributed by atoms with Crippen LogP contribution < -0.4 is 10.6 Å². The molecule has 0 aromatic carbocycles. The van der Waals surface area contributed by atoms with Gasteiger partial charge in [-0.3, -0.25) is 10.1 Å². The van der Waals surface area contributed by atoms with Gasteiger partial charge in [-0.05, 0) is 32.6 Å². The third-order valence-corrected chi connectivity index (χ3v) is 3.20. The fraction of sp³-hybridized carbons (Fsp3) is 0.800. The zero-order valence-electron chi connectivity index (χ0n) is 8.84. The van der Waals surface area contributed by atoms with E-state index in [1.807, 2.05) is 6.92 Å². The normalized spacial score (nSPS) is 35.4. The van der Waals surface area contributed by atoms with Crippen molar-refractivity contribution < 1.29 is 14.3 Å². The van der Waals surface area contributed by atoms with Crippen LogP contribution >= 0.6 is 0 Å². The number of carbonyl (C=O) groups excluding carboxylic acids is 2. The van der Waals surface area contributed by atoms with Gasteiger partial charge in [0.1, 0.15) is 5.54 Å². The molecule has 0 aromatic rings. The standard InChI is InChI=1S/C10H16N2O3/c1-2-15-7-3-5-10(6-4-7)8(13)11-9(14)12-10/h7H,2-6H2,1H3,(H2,11,12,13,14). The van der Waals surface area contributed by atoms with E-state index < -0.39 is 5.54 Å². The number of hydrogen-bond donors (Lipinski definition) is 2. The Morgan fingerprint density at radius 2 is 2.07 bits per heavy atom. The predicted octanol–water partition coefficient (Wildman–Crippen LogP) is 0.544. The lowest BCUT2D eigenvalue weighted by Gasteiger charge is -2.34. The molecular formula is C10H16N2O3. The van der Waals surface area contributed by atoms with Crippen LogP contribution in [0.25, 0.3) is 0 Å². The first-order valence-corrected chi connectivity index (χ1v) is 5.41. The summed E-state index contributed by atoms with van der Waals surface area (Å²) < 4.78 is 5.50. The van der Waals surface area contributed by atoms with Crippen LogP contribution in [0.3, 0.4) is 0 Å². The Hall–Kier alpha value is -1.10. The number of rotatable bonds is 2. The van der Waals surface area contributed by atoms with E-state index in [0.29, 0.717) is 19.4 Å². The number of nitrogens with one attached hydrogen (secondary N) is 2. The third kappa shape index (κ3) is 1.84. The number of urea groups is 1. The van der Waals surface area contributed by atoms with E-state index >= 15 is 0 Å². The summed E-state index contributed by atoms with van der Waals surface area (Å²) in [5.41, 5.74) is -0.648. The van der Waals surface area contributed by atoms with Crippen molar-refractivity contribution in [2.24, 2.45) is 0 Å². The van der Waals surface area contributed by atoms with Crippen molar-refractivity contribution in [2.75, 3.05) is 6.61 Å². The van der Waals surface area contributed by atoms with Gasteiger partial charge in [-0.2, -0.15) is 0 Å². The Morgan fingerprint density at radius 1 is 1.40 bits per heavy atom. The molecule has 1 heterocycles. The Bertz CT molecular complexity index is 282. The molecule has 0 bridgehead atoms. The highest BCUT2D eigenvalue weighted by Gasteiger charge is 2.48. The second-order valence-corrected chi connectivity index (χ2v) is 4.15. The number of carbonyl (C=O) groups is 2. The number of imide groups is 1. The first-order valence-electron chi connectivity index (χ1n) is 5.41. The van der Waals surface area contributed by atoms with Gasteiger partial charge in [0.25, 0.3) is 5.91 Å². The van der Waals surface area contributed by atoms with Crippen LogP contribution in [-0.2, 0) is 9.53 Å². The molecule has 3 amide bonds. The first kappa shape index (κ1) is 10.4. The largest absolute Gasteiger partial charge is 0.379 e. The summed E-state index contributed by atoms with van der Waals surface area (Å²) in [6.07, 6.45) is 3.26. The molecule has 1 spiro atoms. The molecule has 5 heteroatoms. The average Bonchev–Trinajstić information content (AvgIpc) is 2.47. The van der Waals surface area contributed by atoms with Crippen LogP contribution in [0.5, 0.6) is 0 Å². The minimum absolute atomic E-state index is 0.178. The first-order chi connectivity index (χ1) is 7.16. The quantitative estimate of drug-likeness (QED) is 0.657. The second kappa shape index (κ2) is 3.81. The van der Waals surface area contributed by atoms with Crippen LogP contribution in [0.4, 0.5) is 4.79 Å². The molecule has 0 aromatic heterocycles. The fourth-order valence-electron chi connectivity index (χ4n) is 2.37. The van der Waals surface area contributed by atoms with E-state index in [2.05, 4.69) is 10.6 Å². The molecule has 2 aliphatic rings. The summed E-state index contributed by atoms with van der Waals surface area (Å²) in [7, 11) is 0. The topological polar surface area (TPSA) is 67.4 Å².